The minimum Gasteiger partial charge on any atom is -0.493 e. The minimum atomic E-state index is -3.45. The van der Waals surface area contributed by atoms with Gasteiger partial charge in [-0.2, -0.15) is 0 Å². The van der Waals surface area contributed by atoms with E-state index in [1.54, 1.807) is 41.5 Å². The van der Waals surface area contributed by atoms with Crippen LogP contribution in [0.3, 0.4) is 0 Å². The molecule has 2 aromatic rings. The molecule has 36 heavy (non-hydrogen) atoms. The maximum absolute atomic E-state index is 12.3. The third-order valence-corrected chi connectivity index (χ3v) is 9.79. The Morgan fingerprint density at radius 1 is 0.611 bits per heavy atom. The Bertz CT molecular complexity index is 1100. The molecule has 2 aromatic carbocycles. The van der Waals surface area contributed by atoms with Crippen molar-refractivity contribution < 1.29 is 26.3 Å². The van der Waals surface area contributed by atoms with Crippen LogP contribution in [0, 0.1) is 0 Å². The molecule has 0 aliphatic heterocycles. The minimum absolute atomic E-state index is 0.161. The molecule has 10 heteroatoms. The van der Waals surface area contributed by atoms with E-state index in [4.69, 9.17) is 9.47 Å². The first-order chi connectivity index (χ1) is 16.6. The van der Waals surface area contributed by atoms with Gasteiger partial charge in [-0.1, -0.05) is 36.4 Å². The lowest BCUT2D eigenvalue weighted by Crippen LogP contribution is -2.39. The van der Waals surface area contributed by atoms with Crippen molar-refractivity contribution in [3.63, 3.8) is 0 Å². The van der Waals surface area contributed by atoms with E-state index in [1.807, 2.05) is 48.5 Å². The first-order valence-electron chi connectivity index (χ1n) is 12.0. The number of hydrogen-bond donors (Lipinski definition) is 2. The van der Waals surface area contributed by atoms with Gasteiger partial charge in [-0.25, -0.2) is 26.3 Å². The van der Waals surface area contributed by atoms with Gasteiger partial charge in [0, 0.05) is 24.2 Å². The molecule has 0 spiro atoms. The topological polar surface area (TPSA) is 111 Å². The van der Waals surface area contributed by atoms with E-state index in [2.05, 4.69) is 9.44 Å². The Hall–Kier alpha value is -2.14. The van der Waals surface area contributed by atoms with E-state index in [1.165, 1.54) is 0 Å². The summed E-state index contributed by atoms with van der Waals surface area (Å²) >= 11 is 0. The van der Waals surface area contributed by atoms with E-state index < -0.39 is 29.5 Å². The van der Waals surface area contributed by atoms with Crippen molar-refractivity contribution in [2.75, 3.05) is 13.2 Å². The van der Waals surface area contributed by atoms with E-state index in [-0.39, 0.29) is 13.1 Å². The van der Waals surface area contributed by atoms with E-state index in [0.717, 1.165) is 24.0 Å². The number of benzene rings is 2. The van der Waals surface area contributed by atoms with Gasteiger partial charge in [0.05, 0.1) is 22.7 Å². The maximum Gasteiger partial charge on any atom is 0.216 e. The molecule has 202 valence electrons. The van der Waals surface area contributed by atoms with Crippen molar-refractivity contribution in [3.8, 4) is 11.5 Å². The SMILES string of the molecule is CC(C)(C)S(=O)(=O)NCc1ccccc1OCCCCOc1ccccc1CNS(=O)(=O)C(C)(C)C. The van der Waals surface area contributed by atoms with Crippen LogP contribution in [-0.4, -0.2) is 39.5 Å². The lowest BCUT2D eigenvalue weighted by Gasteiger charge is -2.20. The molecular formula is C26H40N2O6S2. The highest BCUT2D eigenvalue weighted by Gasteiger charge is 2.29. The number of sulfonamides is 2. The van der Waals surface area contributed by atoms with Gasteiger partial charge in [0.15, 0.2) is 0 Å². The van der Waals surface area contributed by atoms with Gasteiger partial charge in [0.1, 0.15) is 11.5 Å². The molecule has 0 aromatic heterocycles. The fourth-order valence-electron chi connectivity index (χ4n) is 2.93. The maximum atomic E-state index is 12.3. The standard InChI is InChI=1S/C26H40N2O6S2/c1-25(2,3)35(29,30)27-19-21-13-7-9-15-23(21)33-17-11-12-18-34-24-16-10-8-14-22(24)20-28-36(31,32)26(4,5)6/h7-10,13-16,27-28H,11-12,17-20H2,1-6H3. The van der Waals surface area contributed by atoms with Crippen molar-refractivity contribution in [2.24, 2.45) is 0 Å². The van der Waals surface area contributed by atoms with Crippen LogP contribution in [0.5, 0.6) is 11.5 Å². The smallest absolute Gasteiger partial charge is 0.216 e. The molecule has 0 aliphatic rings. The predicted octanol–water partition coefficient (Wildman–Crippen LogP) is 4.36. The van der Waals surface area contributed by atoms with Crippen LogP contribution in [0.2, 0.25) is 0 Å². The molecule has 0 heterocycles. The van der Waals surface area contributed by atoms with E-state index in [0.29, 0.717) is 24.7 Å². The third kappa shape index (κ3) is 8.76. The van der Waals surface area contributed by atoms with Crippen LogP contribution >= 0.6 is 0 Å². The Kier molecular flexibility index (Phi) is 10.4. The molecule has 8 nitrogen and oxygen atoms in total. The number of ether oxygens (including phenoxy) is 2. The molecule has 0 aliphatic carbocycles. The van der Waals surface area contributed by atoms with Crippen LogP contribution in [0.4, 0.5) is 0 Å². The average molecular weight is 541 g/mol. The molecule has 0 saturated heterocycles. The van der Waals surface area contributed by atoms with Crippen LogP contribution in [0.25, 0.3) is 0 Å². The second-order valence-electron chi connectivity index (χ2n) is 10.5. The fraction of sp³-hybridized carbons (Fsp3) is 0.538. The Morgan fingerprint density at radius 2 is 0.944 bits per heavy atom. The van der Waals surface area contributed by atoms with Crippen LogP contribution in [0.15, 0.2) is 48.5 Å². The highest BCUT2D eigenvalue weighted by Crippen LogP contribution is 2.22. The van der Waals surface area contributed by atoms with Gasteiger partial charge in [0.25, 0.3) is 0 Å². The van der Waals surface area contributed by atoms with Crippen molar-refractivity contribution >= 4 is 20.0 Å². The van der Waals surface area contributed by atoms with Crippen LogP contribution in [0.1, 0.15) is 65.5 Å². The third-order valence-electron chi connectivity index (χ3n) is 5.52. The summed E-state index contributed by atoms with van der Waals surface area (Å²) in [4.78, 5) is 0. The zero-order valence-corrected chi connectivity index (χ0v) is 23.8. The van der Waals surface area contributed by atoms with Crippen LogP contribution in [-0.2, 0) is 33.1 Å². The Balaban J connectivity index is 1.82. The molecular weight excluding hydrogens is 500 g/mol. The summed E-state index contributed by atoms with van der Waals surface area (Å²) in [5.41, 5.74) is 1.54. The highest BCUT2D eigenvalue weighted by atomic mass is 32.2. The number of hydrogen-bond acceptors (Lipinski definition) is 6. The van der Waals surface area contributed by atoms with Crippen molar-refractivity contribution in [1.29, 1.82) is 0 Å². The largest absolute Gasteiger partial charge is 0.493 e. The molecule has 2 N–H and O–H groups in total. The van der Waals surface area contributed by atoms with E-state index >= 15 is 0 Å². The predicted molar refractivity (Wildman–Crippen MR) is 144 cm³/mol. The number of para-hydroxylation sites is 2. The fourth-order valence-corrected chi connectivity index (χ4v) is 4.49. The zero-order valence-electron chi connectivity index (χ0n) is 22.1. The summed E-state index contributed by atoms with van der Waals surface area (Å²) in [5.74, 6) is 1.29. The lowest BCUT2D eigenvalue weighted by atomic mass is 10.2. The summed E-state index contributed by atoms with van der Waals surface area (Å²) in [6.45, 7) is 11.2. The molecule has 0 fully saturated rings. The van der Waals surface area contributed by atoms with Gasteiger partial charge in [-0.05, 0) is 66.5 Å². The second-order valence-corrected chi connectivity index (χ2v) is 15.5. The summed E-state index contributed by atoms with van der Waals surface area (Å²) < 4.78 is 64.7. The van der Waals surface area contributed by atoms with Crippen molar-refractivity contribution in [2.45, 2.75) is 77.0 Å². The monoisotopic (exact) mass is 540 g/mol. The zero-order chi connectivity index (χ0) is 27.0. The van der Waals surface area contributed by atoms with Gasteiger partial charge in [-0.15, -0.1) is 0 Å². The summed E-state index contributed by atoms with van der Waals surface area (Å²) in [6.07, 6.45) is 1.47. The summed E-state index contributed by atoms with van der Waals surface area (Å²) in [7, 11) is -6.91. The first kappa shape index (κ1) is 30.1. The molecule has 0 bridgehead atoms. The Labute approximate surface area is 216 Å². The molecule has 0 unspecified atom stereocenters. The van der Waals surface area contributed by atoms with Gasteiger partial charge in [0.2, 0.25) is 20.0 Å². The molecule has 2 rings (SSSR count). The summed E-state index contributed by atoms with van der Waals surface area (Å²) in [6, 6.07) is 14.7. The number of unbranched alkanes of at least 4 members (excludes halogenated alkanes) is 1. The second kappa shape index (κ2) is 12.4. The molecule has 0 amide bonds. The Morgan fingerprint density at radius 3 is 1.28 bits per heavy atom. The quantitative estimate of drug-likeness (QED) is 0.365. The normalized spacial score (nSPS) is 12.9. The molecule has 0 atom stereocenters. The highest BCUT2D eigenvalue weighted by molar-refractivity contribution is 7.91. The number of nitrogens with one attached hydrogen (secondary N) is 2. The summed E-state index contributed by atoms with van der Waals surface area (Å²) in [5, 5.41) is 0. The van der Waals surface area contributed by atoms with Gasteiger partial charge >= 0.3 is 0 Å². The van der Waals surface area contributed by atoms with Gasteiger partial charge < -0.3 is 9.47 Å². The van der Waals surface area contributed by atoms with Gasteiger partial charge in [-0.3, -0.25) is 0 Å². The molecule has 0 radical (unpaired) electrons. The lowest BCUT2D eigenvalue weighted by molar-refractivity contribution is 0.264. The first-order valence-corrected chi connectivity index (χ1v) is 15.0. The molecule has 0 saturated carbocycles. The van der Waals surface area contributed by atoms with Crippen molar-refractivity contribution in [1.82, 2.24) is 9.44 Å². The average Bonchev–Trinajstić information content (AvgIpc) is 2.78. The van der Waals surface area contributed by atoms with Crippen LogP contribution < -0.4 is 18.9 Å². The van der Waals surface area contributed by atoms with E-state index in [9.17, 15) is 16.8 Å². The van der Waals surface area contributed by atoms with Crippen molar-refractivity contribution in [3.05, 3.63) is 59.7 Å². The number of rotatable bonds is 13.